The fraction of sp³-hybridized carbons (Fsp3) is 0.625. The van der Waals surface area contributed by atoms with Gasteiger partial charge < -0.3 is 15.2 Å². The highest BCUT2D eigenvalue weighted by Crippen LogP contribution is 2.24. The van der Waals surface area contributed by atoms with E-state index >= 15 is 0 Å². The molecule has 0 amide bonds. The number of ether oxygens (including phenoxy) is 2. The molecule has 0 aliphatic heterocycles. The van der Waals surface area contributed by atoms with E-state index in [4.69, 9.17) is 15.2 Å². The van der Waals surface area contributed by atoms with Crippen LogP contribution in [-0.2, 0) is 11.3 Å². The molecule has 4 nitrogen and oxygen atoms in total. The summed E-state index contributed by atoms with van der Waals surface area (Å²) in [6, 6.07) is 6.35. The van der Waals surface area contributed by atoms with E-state index in [2.05, 4.69) is 18.7 Å². The van der Waals surface area contributed by atoms with Crippen LogP contribution in [0.25, 0.3) is 0 Å². The summed E-state index contributed by atoms with van der Waals surface area (Å²) in [6.45, 7) is 9.58. The first kappa shape index (κ1) is 16.8. The number of methoxy groups -OCH3 is 1. The van der Waals surface area contributed by atoms with E-state index in [0.29, 0.717) is 12.6 Å². The fourth-order valence-electron chi connectivity index (χ4n) is 2.16. The van der Waals surface area contributed by atoms with Crippen LogP contribution in [0.2, 0.25) is 0 Å². The number of nitrogens with two attached hydrogens (primary N) is 1. The molecule has 1 rings (SSSR count). The Bertz CT molecular complexity index is 396. The fourth-order valence-corrected chi connectivity index (χ4v) is 2.16. The molecule has 0 aromatic heterocycles. The van der Waals surface area contributed by atoms with Crippen molar-refractivity contribution in [2.24, 2.45) is 0 Å². The number of rotatable bonds is 9. The van der Waals surface area contributed by atoms with Gasteiger partial charge in [0, 0.05) is 37.5 Å². The topological polar surface area (TPSA) is 47.7 Å². The van der Waals surface area contributed by atoms with Gasteiger partial charge >= 0.3 is 0 Å². The lowest BCUT2D eigenvalue weighted by atomic mass is 10.1. The molecule has 0 aliphatic carbocycles. The predicted molar refractivity (Wildman–Crippen MR) is 84.1 cm³/mol. The second-order valence-electron chi connectivity index (χ2n) is 5.02. The quantitative estimate of drug-likeness (QED) is 0.707. The second kappa shape index (κ2) is 8.82. The Balaban J connectivity index is 2.87. The smallest absolute Gasteiger partial charge is 0.123 e. The molecule has 0 bridgehead atoms. The summed E-state index contributed by atoms with van der Waals surface area (Å²) >= 11 is 0. The van der Waals surface area contributed by atoms with Gasteiger partial charge in [-0.3, -0.25) is 4.90 Å². The zero-order chi connectivity index (χ0) is 15.0. The van der Waals surface area contributed by atoms with Gasteiger partial charge in [0.1, 0.15) is 5.75 Å². The summed E-state index contributed by atoms with van der Waals surface area (Å²) in [4.78, 5) is 2.40. The lowest BCUT2D eigenvalue weighted by Gasteiger charge is -2.29. The first-order valence-corrected chi connectivity index (χ1v) is 7.36. The lowest BCUT2D eigenvalue weighted by Crippen LogP contribution is -2.35. The van der Waals surface area contributed by atoms with Crippen LogP contribution in [0.15, 0.2) is 18.2 Å². The van der Waals surface area contributed by atoms with Crippen LogP contribution in [0.1, 0.15) is 32.8 Å². The molecule has 1 unspecified atom stereocenters. The third-order valence-electron chi connectivity index (χ3n) is 3.55. The van der Waals surface area contributed by atoms with E-state index in [1.54, 1.807) is 7.11 Å². The largest absolute Gasteiger partial charge is 0.494 e. The van der Waals surface area contributed by atoms with Crippen LogP contribution in [0.3, 0.4) is 0 Å². The van der Waals surface area contributed by atoms with Gasteiger partial charge in [0.05, 0.1) is 13.2 Å². The maximum absolute atomic E-state index is 5.91. The van der Waals surface area contributed by atoms with E-state index in [1.165, 1.54) is 0 Å². The van der Waals surface area contributed by atoms with Gasteiger partial charge in [-0.2, -0.15) is 0 Å². The van der Waals surface area contributed by atoms with Gasteiger partial charge in [0.15, 0.2) is 0 Å². The average Bonchev–Trinajstić information content (AvgIpc) is 2.45. The van der Waals surface area contributed by atoms with Crippen molar-refractivity contribution in [1.29, 1.82) is 0 Å². The maximum atomic E-state index is 5.91. The number of benzene rings is 1. The van der Waals surface area contributed by atoms with Crippen LogP contribution in [0.5, 0.6) is 5.75 Å². The van der Waals surface area contributed by atoms with Crippen molar-refractivity contribution in [3.8, 4) is 5.75 Å². The highest BCUT2D eigenvalue weighted by atomic mass is 16.5. The summed E-state index contributed by atoms with van der Waals surface area (Å²) in [5.74, 6) is 0.924. The van der Waals surface area contributed by atoms with Gasteiger partial charge in [0.25, 0.3) is 0 Å². The zero-order valence-corrected chi connectivity index (χ0v) is 13.2. The summed E-state index contributed by atoms with van der Waals surface area (Å²) in [7, 11) is 1.74. The van der Waals surface area contributed by atoms with Gasteiger partial charge in [0.2, 0.25) is 0 Å². The van der Waals surface area contributed by atoms with Crippen molar-refractivity contribution >= 4 is 5.69 Å². The van der Waals surface area contributed by atoms with Gasteiger partial charge in [-0.15, -0.1) is 0 Å². The molecule has 0 aliphatic rings. The molecule has 1 aromatic carbocycles. The Hall–Kier alpha value is -1.26. The summed E-state index contributed by atoms with van der Waals surface area (Å²) in [5.41, 5.74) is 7.83. The second-order valence-corrected chi connectivity index (χ2v) is 5.02. The highest BCUT2D eigenvalue weighted by Gasteiger charge is 2.15. The SMILES string of the molecule is CCOc1ccc(N)cc1CN(CCOC)C(C)CC. The third kappa shape index (κ3) is 5.02. The first-order valence-electron chi connectivity index (χ1n) is 7.36. The average molecular weight is 280 g/mol. The number of hydrogen-bond donors (Lipinski definition) is 1. The molecule has 0 saturated heterocycles. The highest BCUT2D eigenvalue weighted by molar-refractivity contribution is 5.47. The van der Waals surface area contributed by atoms with Crippen molar-refractivity contribution in [3.63, 3.8) is 0 Å². The number of hydrogen-bond acceptors (Lipinski definition) is 4. The van der Waals surface area contributed by atoms with Crippen LogP contribution in [0, 0.1) is 0 Å². The molecule has 2 N–H and O–H groups in total. The van der Waals surface area contributed by atoms with Crippen molar-refractivity contribution in [2.45, 2.75) is 39.8 Å². The summed E-state index contributed by atoms with van der Waals surface area (Å²) < 4.78 is 10.9. The minimum atomic E-state index is 0.501. The summed E-state index contributed by atoms with van der Waals surface area (Å²) in [6.07, 6.45) is 1.11. The standard InChI is InChI=1S/C16H28N2O2/c1-5-13(3)18(9-10-19-4)12-14-11-15(17)7-8-16(14)20-6-2/h7-8,11,13H,5-6,9-10,12,17H2,1-4H3. The molecular weight excluding hydrogens is 252 g/mol. The molecule has 1 atom stereocenters. The molecule has 0 saturated carbocycles. The molecule has 0 fully saturated rings. The normalized spacial score (nSPS) is 12.7. The van der Waals surface area contributed by atoms with Crippen LogP contribution in [0.4, 0.5) is 5.69 Å². The molecule has 0 radical (unpaired) electrons. The first-order chi connectivity index (χ1) is 9.62. The van der Waals surface area contributed by atoms with E-state index in [9.17, 15) is 0 Å². The third-order valence-corrected chi connectivity index (χ3v) is 3.55. The number of anilines is 1. The van der Waals surface area contributed by atoms with Crippen molar-refractivity contribution in [2.75, 3.05) is 32.6 Å². The van der Waals surface area contributed by atoms with E-state index in [-0.39, 0.29) is 0 Å². The van der Waals surface area contributed by atoms with E-state index in [1.807, 2.05) is 25.1 Å². The Kier molecular flexibility index (Phi) is 7.41. The summed E-state index contributed by atoms with van der Waals surface area (Å²) in [5, 5.41) is 0. The monoisotopic (exact) mass is 280 g/mol. The Morgan fingerprint density at radius 2 is 2.05 bits per heavy atom. The molecule has 0 spiro atoms. The minimum Gasteiger partial charge on any atom is -0.494 e. The number of nitrogen functional groups attached to an aromatic ring is 1. The molecule has 4 heteroatoms. The Labute approximate surface area is 122 Å². The van der Waals surface area contributed by atoms with Gasteiger partial charge in [-0.1, -0.05) is 6.92 Å². The Morgan fingerprint density at radius 1 is 1.30 bits per heavy atom. The molecule has 114 valence electrons. The molecule has 0 heterocycles. The minimum absolute atomic E-state index is 0.501. The lowest BCUT2D eigenvalue weighted by molar-refractivity contribution is 0.117. The van der Waals surface area contributed by atoms with Gasteiger partial charge in [-0.25, -0.2) is 0 Å². The molecular formula is C16H28N2O2. The van der Waals surface area contributed by atoms with Gasteiger partial charge in [-0.05, 0) is 38.5 Å². The van der Waals surface area contributed by atoms with Crippen molar-refractivity contribution < 1.29 is 9.47 Å². The number of nitrogens with zero attached hydrogens (tertiary/aromatic N) is 1. The molecule has 20 heavy (non-hydrogen) atoms. The Morgan fingerprint density at radius 3 is 2.65 bits per heavy atom. The van der Waals surface area contributed by atoms with Crippen molar-refractivity contribution in [1.82, 2.24) is 4.90 Å². The van der Waals surface area contributed by atoms with Crippen molar-refractivity contribution in [3.05, 3.63) is 23.8 Å². The van der Waals surface area contributed by atoms with E-state index < -0.39 is 0 Å². The van der Waals surface area contributed by atoms with Crippen LogP contribution in [-0.4, -0.2) is 37.8 Å². The maximum Gasteiger partial charge on any atom is 0.123 e. The zero-order valence-electron chi connectivity index (χ0n) is 13.2. The molecule has 1 aromatic rings. The van der Waals surface area contributed by atoms with Crippen LogP contribution < -0.4 is 10.5 Å². The van der Waals surface area contributed by atoms with Crippen LogP contribution >= 0.6 is 0 Å². The van der Waals surface area contributed by atoms with E-state index in [0.717, 1.165) is 43.1 Å². The predicted octanol–water partition coefficient (Wildman–Crippen LogP) is 2.91.